The number of aromatic nitrogens is 3. The van der Waals surface area contributed by atoms with Crippen LogP contribution in [0.25, 0.3) is 16.9 Å². The smallest absolute Gasteiger partial charge is 0.274 e. The number of imidazole rings is 1. The first kappa shape index (κ1) is 27.5. The summed E-state index contributed by atoms with van der Waals surface area (Å²) in [6.45, 7) is 13.0. The fraction of sp³-hybridized carbons (Fsp3) is 0.517. The summed E-state index contributed by atoms with van der Waals surface area (Å²) in [5, 5.41) is 14.7. The Labute approximate surface area is 232 Å². The second kappa shape index (κ2) is 9.27. The number of carbonyl (C=O) groups is 2. The topological polar surface area (TPSA) is 91.0 Å². The van der Waals surface area contributed by atoms with Gasteiger partial charge in [0, 0.05) is 36.7 Å². The number of fused-ring (bicyclic) bond motifs is 1. The Balaban J connectivity index is 1.44. The molecule has 5 rings (SSSR count). The van der Waals surface area contributed by atoms with Gasteiger partial charge in [-0.1, -0.05) is 32.4 Å². The minimum atomic E-state index is -0.764. The van der Waals surface area contributed by atoms with Gasteiger partial charge in [-0.2, -0.15) is 5.10 Å². The maximum absolute atomic E-state index is 13.8. The van der Waals surface area contributed by atoms with Gasteiger partial charge in [0.25, 0.3) is 5.91 Å². The third-order valence-corrected chi connectivity index (χ3v) is 8.14. The molecule has 39 heavy (non-hydrogen) atoms. The van der Waals surface area contributed by atoms with E-state index in [-0.39, 0.29) is 33.9 Å². The van der Waals surface area contributed by atoms with Crippen molar-refractivity contribution in [2.24, 2.45) is 5.92 Å². The van der Waals surface area contributed by atoms with Crippen LogP contribution in [0.15, 0.2) is 30.5 Å². The molecule has 3 heterocycles. The number of halogens is 2. The van der Waals surface area contributed by atoms with E-state index in [1.807, 2.05) is 24.8 Å². The summed E-state index contributed by atoms with van der Waals surface area (Å²) in [6, 6.07) is 6.38. The first-order chi connectivity index (χ1) is 18.1. The number of nitrogens with zero attached hydrogens (tertiary/aromatic N) is 5. The average molecular weight is 556 g/mol. The third-order valence-electron chi connectivity index (χ3n) is 7.85. The number of benzene rings is 1. The number of amides is 2. The maximum atomic E-state index is 13.8. The van der Waals surface area contributed by atoms with E-state index in [1.165, 1.54) is 12.1 Å². The van der Waals surface area contributed by atoms with Crippen molar-refractivity contribution < 1.29 is 19.1 Å². The van der Waals surface area contributed by atoms with E-state index >= 15 is 0 Å². The quantitative estimate of drug-likeness (QED) is 0.505. The fourth-order valence-corrected chi connectivity index (χ4v) is 5.90. The van der Waals surface area contributed by atoms with Crippen molar-refractivity contribution >= 4 is 29.1 Å². The Hall–Kier alpha value is -3.04. The molecule has 0 unspecified atom stereocenters. The van der Waals surface area contributed by atoms with Crippen molar-refractivity contribution in [3.8, 4) is 11.3 Å². The minimum Gasteiger partial charge on any atom is -0.390 e. The molecule has 1 aliphatic heterocycles. The number of hydrogen-bond donors (Lipinski definition) is 1. The van der Waals surface area contributed by atoms with Gasteiger partial charge in [0.2, 0.25) is 5.91 Å². The fourth-order valence-electron chi connectivity index (χ4n) is 5.72. The molecule has 0 atom stereocenters. The molecule has 1 N–H and O–H groups in total. The molecular weight excluding hydrogens is 521 g/mol. The molecule has 2 fully saturated rings. The predicted octanol–water partition coefficient (Wildman–Crippen LogP) is 4.71. The van der Waals surface area contributed by atoms with E-state index in [0.29, 0.717) is 49.4 Å². The summed E-state index contributed by atoms with van der Waals surface area (Å²) < 4.78 is 15.4. The molecule has 1 aliphatic carbocycles. The molecule has 1 saturated carbocycles. The highest BCUT2D eigenvalue weighted by molar-refractivity contribution is 6.31. The zero-order chi connectivity index (χ0) is 28.5. The molecule has 0 radical (unpaired) electrons. The van der Waals surface area contributed by atoms with Crippen molar-refractivity contribution in [2.45, 2.75) is 70.9 Å². The van der Waals surface area contributed by atoms with Gasteiger partial charge in [0.05, 0.1) is 28.1 Å². The second-order valence-corrected chi connectivity index (χ2v) is 13.3. The minimum absolute atomic E-state index is 0.00995. The van der Waals surface area contributed by atoms with Gasteiger partial charge >= 0.3 is 0 Å². The Morgan fingerprint density at radius 3 is 2.41 bits per heavy atom. The van der Waals surface area contributed by atoms with Crippen LogP contribution in [0.5, 0.6) is 0 Å². The van der Waals surface area contributed by atoms with Crippen LogP contribution in [0.4, 0.5) is 4.39 Å². The van der Waals surface area contributed by atoms with Crippen LogP contribution < -0.4 is 0 Å². The van der Waals surface area contributed by atoms with Crippen LogP contribution in [0.1, 0.15) is 70.4 Å². The number of piperazine rings is 1. The van der Waals surface area contributed by atoms with Gasteiger partial charge in [-0.05, 0) is 63.3 Å². The summed E-state index contributed by atoms with van der Waals surface area (Å²) in [6.07, 6.45) is 2.58. The first-order valence-electron chi connectivity index (χ1n) is 13.3. The number of carbonyl (C=O) groups excluding carboxylic acids is 2. The van der Waals surface area contributed by atoms with E-state index < -0.39 is 17.0 Å². The molecular formula is C29H35ClFN5O3. The second-order valence-electron chi connectivity index (χ2n) is 12.8. The molecule has 3 aromatic rings. The standard InChI is InChI=1S/C29H35ClFN5O3/c1-27(2,3)19-12-22(17-7-8-21(31)20(30)11-17)33-36-15-23(32-24(19)36)26(38)35-10-9-34(16-28(35,4)5)25(37)18-13-29(6,39)14-18/h7-8,11-12,15,18,39H,9-10,13-14,16H2,1-6H3. The maximum Gasteiger partial charge on any atom is 0.274 e. The normalized spacial score (nSPS) is 23.2. The summed E-state index contributed by atoms with van der Waals surface area (Å²) in [4.78, 5) is 35.1. The largest absolute Gasteiger partial charge is 0.390 e. The lowest BCUT2D eigenvalue weighted by Gasteiger charge is -2.49. The van der Waals surface area contributed by atoms with Gasteiger partial charge in [-0.15, -0.1) is 0 Å². The average Bonchev–Trinajstić information content (AvgIpc) is 3.25. The van der Waals surface area contributed by atoms with Crippen molar-refractivity contribution in [1.82, 2.24) is 24.4 Å². The van der Waals surface area contributed by atoms with Crippen LogP contribution in [-0.4, -0.2) is 72.1 Å². The van der Waals surface area contributed by atoms with Gasteiger partial charge in [0.1, 0.15) is 11.5 Å². The molecule has 8 nitrogen and oxygen atoms in total. The van der Waals surface area contributed by atoms with Crippen LogP contribution in [0.3, 0.4) is 0 Å². The van der Waals surface area contributed by atoms with Crippen LogP contribution in [-0.2, 0) is 10.2 Å². The van der Waals surface area contributed by atoms with E-state index in [2.05, 4.69) is 25.9 Å². The summed E-state index contributed by atoms with van der Waals surface area (Å²) in [5.74, 6) is -0.849. The Bertz CT molecular complexity index is 1470. The highest BCUT2D eigenvalue weighted by Gasteiger charge is 2.47. The first-order valence-corrected chi connectivity index (χ1v) is 13.6. The SMILES string of the molecule is CC1(O)CC(C(=O)N2CCN(C(=O)c3cn4nc(-c5ccc(F)c(Cl)c5)cc(C(C)(C)C)c4n3)C(C)(C)C2)C1. The molecule has 208 valence electrons. The Kier molecular flexibility index (Phi) is 6.54. The molecule has 2 amide bonds. The number of hydrogen-bond acceptors (Lipinski definition) is 5. The van der Waals surface area contributed by atoms with Crippen molar-refractivity contribution in [3.05, 3.63) is 52.6 Å². The Morgan fingerprint density at radius 2 is 1.82 bits per heavy atom. The van der Waals surface area contributed by atoms with Crippen molar-refractivity contribution in [1.29, 1.82) is 0 Å². The highest BCUT2D eigenvalue weighted by Crippen LogP contribution is 2.39. The van der Waals surface area contributed by atoms with Crippen molar-refractivity contribution in [2.75, 3.05) is 19.6 Å². The zero-order valence-electron chi connectivity index (χ0n) is 23.3. The van der Waals surface area contributed by atoms with Gasteiger partial charge in [0.15, 0.2) is 5.65 Å². The van der Waals surface area contributed by atoms with E-state index in [9.17, 15) is 19.1 Å². The lowest BCUT2D eigenvalue weighted by atomic mass is 9.71. The molecule has 1 saturated heterocycles. The van der Waals surface area contributed by atoms with E-state index in [0.717, 1.165) is 5.56 Å². The Morgan fingerprint density at radius 1 is 1.13 bits per heavy atom. The molecule has 2 aromatic heterocycles. The molecule has 2 aliphatic rings. The van der Waals surface area contributed by atoms with Gasteiger partial charge < -0.3 is 14.9 Å². The molecule has 0 spiro atoms. The number of rotatable bonds is 3. The van der Waals surface area contributed by atoms with Crippen molar-refractivity contribution in [3.63, 3.8) is 0 Å². The molecule has 1 aromatic carbocycles. The van der Waals surface area contributed by atoms with E-state index in [1.54, 1.807) is 28.6 Å². The predicted molar refractivity (Wildman–Crippen MR) is 147 cm³/mol. The van der Waals surface area contributed by atoms with Crippen LogP contribution in [0.2, 0.25) is 5.02 Å². The van der Waals surface area contributed by atoms with Crippen LogP contribution >= 0.6 is 11.6 Å². The summed E-state index contributed by atoms with van der Waals surface area (Å²) in [5.41, 5.74) is 1.29. The lowest BCUT2D eigenvalue weighted by Crippen LogP contribution is -2.63. The summed E-state index contributed by atoms with van der Waals surface area (Å²) >= 11 is 6.03. The zero-order valence-corrected chi connectivity index (χ0v) is 24.0. The summed E-state index contributed by atoms with van der Waals surface area (Å²) in [7, 11) is 0. The van der Waals surface area contributed by atoms with E-state index in [4.69, 9.17) is 16.6 Å². The highest BCUT2D eigenvalue weighted by atomic mass is 35.5. The lowest BCUT2D eigenvalue weighted by molar-refractivity contribution is -0.153. The van der Waals surface area contributed by atoms with Gasteiger partial charge in [-0.25, -0.2) is 13.9 Å². The molecule has 0 bridgehead atoms. The van der Waals surface area contributed by atoms with Crippen LogP contribution in [0, 0.1) is 11.7 Å². The number of aliphatic hydroxyl groups is 1. The monoisotopic (exact) mass is 555 g/mol. The molecule has 10 heteroatoms. The van der Waals surface area contributed by atoms with Gasteiger partial charge in [-0.3, -0.25) is 9.59 Å². The third kappa shape index (κ3) is 5.14.